The Labute approximate surface area is 137 Å². The molecule has 23 heavy (non-hydrogen) atoms. The highest BCUT2D eigenvalue weighted by atomic mass is 32.2. The number of amides is 1. The number of sulfone groups is 1. The molecule has 126 valence electrons. The van der Waals surface area contributed by atoms with E-state index >= 15 is 0 Å². The minimum absolute atomic E-state index is 0.0987. The van der Waals surface area contributed by atoms with Gasteiger partial charge in [0, 0.05) is 24.5 Å². The van der Waals surface area contributed by atoms with E-state index in [1.165, 1.54) is 19.3 Å². The van der Waals surface area contributed by atoms with Gasteiger partial charge in [-0.2, -0.15) is 0 Å². The van der Waals surface area contributed by atoms with Crippen molar-refractivity contribution in [2.75, 3.05) is 16.8 Å². The van der Waals surface area contributed by atoms with E-state index in [4.69, 9.17) is 0 Å². The van der Waals surface area contributed by atoms with E-state index in [2.05, 4.69) is 15.6 Å². The van der Waals surface area contributed by atoms with Crippen molar-refractivity contribution >= 4 is 21.4 Å². The van der Waals surface area contributed by atoms with Crippen LogP contribution in [0.15, 0.2) is 18.5 Å². The van der Waals surface area contributed by atoms with Crippen LogP contribution in [0.1, 0.15) is 48.9 Å². The lowest BCUT2D eigenvalue weighted by Crippen LogP contribution is -2.36. The second-order valence-corrected chi connectivity index (χ2v) is 8.74. The summed E-state index contributed by atoms with van der Waals surface area (Å²) in [5.74, 6) is 0.262. The summed E-state index contributed by atoms with van der Waals surface area (Å²) in [6.07, 6.45) is 9.44. The van der Waals surface area contributed by atoms with Crippen LogP contribution >= 0.6 is 0 Å². The Hall–Kier alpha value is -1.63. The molecular weight excluding hydrogens is 314 g/mol. The molecule has 1 saturated heterocycles. The van der Waals surface area contributed by atoms with E-state index in [0.29, 0.717) is 17.7 Å². The number of pyridine rings is 1. The summed E-state index contributed by atoms with van der Waals surface area (Å²) in [4.78, 5) is 16.4. The van der Waals surface area contributed by atoms with Crippen molar-refractivity contribution in [3.63, 3.8) is 0 Å². The topological polar surface area (TPSA) is 88.2 Å². The van der Waals surface area contributed by atoms with Crippen molar-refractivity contribution in [1.82, 2.24) is 10.3 Å². The monoisotopic (exact) mass is 337 g/mol. The molecule has 1 saturated carbocycles. The lowest BCUT2D eigenvalue weighted by Gasteiger charge is -2.22. The highest BCUT2D eigenvalue weighted by Crippen LogP contribution is 2.19. The first kappa shape index (κ1) is 16.2. The number of nitrogens with one attached hydrogen (secondary N) is 2. The lowest BCUT2D eigenvalue weighted by molar-refractivity contribution is 0.0927. The van der Waals surface area contributed by atoms with Crippen LogP contribution in [0.3, 0.4) is 0 Å². The molecular formula is C16H23N3O3S. The highest BCUT2D eigenvalue weighted by Gasteiger charge is 2.27. The fourth-order valence-corrected chi connectivity index (χ4v) is 4.98. The van der Waals surface area contributed by atoms with E-state index in [0.717, 1.165) is 12.8 Å². The highest BCUT2D eigenvalue weighted by molar-refractivity contribution is 7.91. The van der Waals surface area contributed by atoms with Crippen LogP contribution in [0.5, 0.6) is 0 Å². The summed E-state index contributed by atoms with van der Waals surface area (Å²) in [5, 5.41) is 6.24. The average Bonchev–Trinajstić information content (AvgIpc) is 2.87. The van der Waals surface area contributed by atoms with Gasteiger partial charge in [0.1, 0.15) is 0 Å². The maximum atomic E-state index is 12.3. The molecule has 2 N–H and O–H groups in total. The Balaban J connectivity index is 1.61. The van der Waals surface area contributed by atoms with Crippen LogP contribution in [0.2, 0.25) is 0 Å². The van der Waals surface area contributed by atoms with E-state index in [9.17, 15) is 13.2 Å². The molecule has 6 nitrogen and oxygen atoms in total. The minimum Gasteiger partial charge on any atom is -0.380 e. The number of aromatic nitrogens is 1. The van der Waals surface area contributed by atoms with Gasteiger partial charge in [0.25, 0.3) is 5.91 Å². The molecule has 1 unspecified atom stereocenters. The van der Waals surface area contributed by atoms with E-state index in [1.807, 2.05) is 0 Å². The van der Waals surface area contributed by atoms with E-state index in [-0.39, 0.29) is 29.5 Å². The third kappa shape index (κ3) is 4.43. The molecule has 1 aromatic heterocycles. The lowest BCUT2D eigenvalue weighted by atomic mass is 9.95. The predicted molar refractivity (Wildman–Crippen MR) is 89.3 cm³/mol. The second-order valence-electron chi connectivity index (χ2n) is 6.51. The third-order valence-electron chi connectivity index (χ3n) is 4.54. The van der Waals surface area contributed by atoms with E-state index in [1.54, 1.807) is 18.5 Å². The number of anilines is 1. The molecule has 0 spiro atoms. The first-order valence-electron chi connectivity index (χ1n) is 8.25. The quantitative estimate of drug-likeness (QED) is 0.874. The van der Waals surface area contributed by atoms with E-state index < -0.39 is 9.84 Å². The number of carbonyl (C=O) groups excluding carboxylic acids is 1. The Morgan fingerprint density at radius 3 is 2.57 bits per heavy atom. The molecule has 2 heterocycles. The van der Waals surface area contributed by atoms with Gasteiger partial charge in [0.15, 0.2) is 9.84 Å². The molecule has 2 aliphatic rings. The molecule has 2 fully saturated rings. The van der Waals surface area contributed by atoms with Gasteiger partial charge in [-0.05, 0) is 25.3 Å². The van der Waals surface area contributed by atoms with Gasteiger partial charge in [-0.15, -0.1) is 0 Å². The molecule has 7 heteroatoms. The van der Waals surface area contributed by atoms with Crippen LogP contribution < -0.4 is 10.6 Å². The average molecular weight is 337 g/mol. The normalized spacial score (nSPS) is 24.3. The number of rotatable bonds is 4. The van der Waals surface area contributed by atoms with Crippen LogP contribution in [-0.4, -0.2) is 42.9 Å². The summed E-state index contributed by atoms with van der Waals surface area (Å²) in [6.45, 7) is 0. The molecule has 1 aliphatic carbocycles. The molecule has 1 aromatic rings. The molecule has 1 aliphatic heterocycles. The van der Waals surface area contributed by atoms with Gasteiger partial charge in [-0.25, -0.2) is 8.42 Å². The number of carbonyl (C=O) groups is 1. The van der Waals surface area contributed by atoms with Crippen LogP contribution in [0.25, 0.3) is 0 Å². The van der Waals surface area contributed by atoms with Gasteiger partial charge in [0.2, 0.25) is 0 Å². The summed E-state index contributed by atoms with van der Waals surface area (Å²) in [6, 6.07) is 1.90. The molecule has 0 bridgehead atoms. The summed E-state index contributed by atoms with van der Waals surface area (Å²) < 4.78 is 23.0. The zero-order valence-corrected chi connectivity index (χ0v) is 13.9. The van der Waals surface area contributed by atoms with Crippen molar-refractivity contribution in [3.05, 3.63) is 24.0 Å². The SMILES string of the molecule is O=C(NC1CCCCC1)c1cncc(NC2CCS(=O)(=O)C2)c1. The number of hydrogen-bond donors (Lipinski definition) is 2. The molecule has 1 amide bonds. The van der Waals surface area contributed by atoms with Crippen molar-refractivity contribution in [2.45, 2.75) is 50.6 Å². The first-order chi connectivity index (χ1) is 11.0. The minimum atomic E-state index is -2.92. The largest absolute Gasteiger partial charge is 0.380 e. The van der Waals surface area contributed by atoms with Gasteiger partial charge in [-0.3, -0.25) is 9.78 Å². The predicted octanol–water partition coefficient (Wildman–Crippen LogP) is 1.74. The molecule has 3 rings (SSSR count). The Kier molecular flexibility index (Phi) is 4.84. The van der Waals surface area contributed by atoms with Crippen molar-refractivity contribution in [1.29, 1.82) is 0 Å². The van der Waals surface area contributed by atoms with Crippen LogP contribution in [0.4, 0.5) is 5.69 Å². The van der Waals surface area contributed by atoms with Crippen LogP contribution in [0, 0.1) is 0 Å². The zero-order valence-electron chi connectivity index (χ0n) is 13.1. The molecule has 1 atom stereocenters. The summed E-state index contributed by atoms with van der Waals surface area (Å²) in [5.41, 5.74) is 1.21. The molecule has 0 radical (unpaired) electrons. The maximum absolute atomic E-state index is 12.3. The van der Waals surface area contributed by atoms with Crippen molar-refractivity contribution in [3.8, 4) is 0 Å². The van der Waals surface area contributed by atoms with Crippen molar-refractivity contribution < 1.29 is 13.2 Å². The van der Waals surface area contributed by atoms with Crippen LogP contribution in [-0.2, 0) is 9.84 Å². The number of nitrogens with zero attached hydrogens (tertiary/aromatic N) is 1. The third-order valence-corrected chi connectivity index (χ3v) is 6.31. The smallest absolute Gasteiger partial charge is 0.253 e. The van der Waals surface area contributed by atoms with Crippen molar-refractivity contribution in [2.24, 2.45) is 0 Å². The summed E-state index contributed by atoms with van der Waals surface area (Å²) in [7, 11) is -2.92. The second kappa shape index (κ2) is 6.86. The van der Waals surface area contributed by atoms with Gasteiger partial charge < -0.3 is 10.6 Å². The maximum Gasteiger partial charge on any atom is 0.253 e. The van der Waals surface area contributed by atoms with Gasteiger partial charge >= 0.3 is 0 Å². The van der Waals surface area contributed by atoms with Gasteiger partial charge in [0.05, 0.1) is 22.8 Å². The fourth-order valence-electron chi connectivity index (χ4n) is 3.30. The molecule has 0 aromatic carbocycles. The summed E-state index contributed by atoms with van der Waals surface area (Å²) >= 11 is 0. The zero-order chi connectivity index (χ0) is 16.3. The first-order valence-corrected chi connectivity index (χ1v) is 10.1. The number of hydrogen-bond acceptors (Lipinski definition) is 5. The Bertz CT molecular complexity index is 669. The fraction of sp³-hybridized carbons (Fsp3) is 0.625. The standard InChI is InChI=1S/C16H23N3O3S/c20-16(19-13-4-2-1-3-5-13)12-8-15(10-17-9-12)18-14-6-7-23(21,22)11-14/h8-10,13-14,18H,1-7,11H2,(H,19,20). The Morgan fingerprint density at radius 1 is 1.09 bits per heavy atom. The van der Waals surface area contributed by atoms with Gasteiger partial charge in [-0.1, -0.05) is 19.3 Å². The Morgan fingerprint density at radius 2 is 1.87 bits per heavy atom.